The van der Waals surface area contributed by atoms with Crippen molar-refractivity contribution in [3.05, 3.63) is 23.5 Å². The predicted molar refractivity (Wildman–Crippen MR) is 232 cm³/mol. The van der Waals surface area contributed by atoms with E-state index >= 15 is 0 Å². The first-order chi connectivity index (χ1) is 32.4. The third-order valence-electron chi connectivity index (χ3n) is 17.2. The molecule has 0 unspecified atom stereocenters. The lowest BCUT2D eigenvalue weighted by molar-refractivity contribution is -0.355. The van der Waals surface area contributed by atoms with Crippen LogP contribution in [-0.4, -0.2) is 199 Å². The van der Waals surface area contributed by atoms with E-state index in [9.17, 15) is 35.4 Å². The molecule has 2 aliphatic carbocycles. The van der Waals surface area contributed by atoms with Crippen molar-refractivity contribution >= 4 is 5.97 Å². The first kappa shape index (κ1) is 51.0. The lowest BCUT2D eigenvalue weighted by Gasteiger charge is -2.54. The summed E-state index contributed by atoms with van der Waals surface area (Å²) in [5.41, 5.74) is -0.174. The van der Waals surface area contributed by atoms with Gasteiger partial charge in [-0.1, -0.05) is 18.6 Å². The van der Waals surface area contributed by atoms with E-state index in [2.05, 4.69) is 13.0 Å². The fraction of sp³-hybridized carbons (Fsp3) is 0.896. The summed E-state index contributed by atoms with van der Waals surface area (Å²) < 4.78 is 79.9. The van der Waals surface area contributed by atoms with Crippen molar-refractivity contribution in [1.29, 1.82) is 0 Å². The van der Waals surface area contributed by atoms with Crippen LogP contribution in [0.4, 0.5) is 0 Å². The number of carbonyl (C=O) groups excluding carboxylic acids is 1. The molecule has 6 N–H and O–H groups in total. The summed E-state index contributed by atoms with van der Waals surface area (Å²) in [5.74, 6) is -2.45. The Balaban J connectivity index is 0.803. The molecule has 1 saturated carbocycles. The third kappa shape index (κ3) is 8.81. The van der Waals surface area contributed by atoms with Crippen molar-refractivity contribution in [3.63, 3.8) is 0 Å². The molecule has 68 heavy (non-hydrogen) atoms. The molecule has 0 aromatic carbocycles. The fourth-order valence-corrected chi connectivity index (χ4v) is 13.1. The summed E-state index contributed by atoms with van der Waals surface area (Å²) in [7, 11) is 4.77. The molecule has 7 fully saturated rings. The second kappa shape index (κ2) is 19.8. The second-order valence-corrected chi connectivity index (χ2v) is 20.9. The maximum Gasteiger partial charge on any atom is 0.310 e. The molecular formula is C48H74O20. The van der Waals surface area contributed by atoms with Crippen LogP contribution < -0.4 is 0 Å². The molecule has 7 heterocycles. The molecule has 0 bridgehead atoms. The van der Waals surface area contributed by atoms with Gasteiger partial charge in [-0.05, 0) is 64.2 Å². The topological polar surface area (TPSA) is 258 Å². The van der Waals surface area contributed by atoms with Crippen molar-refractivity contribution in [2.24, 2.45) is 23.2 Å². The van der Waals surface area contributed by atoms with Gasteiger partial charge in [-0.15, -0.1) is 0 Å². The highest BCUT2D eigenvalue weighted by Gasteiger charge is 2.68. The van der Waals surface area contributed by atoms with Crippen LogP contribution in [-0.2, 0) is 66.4 Å². The first-order valence-corrected chi connectivity index (χ1v) is 24.5. The van der Waals surface area contributed by atoms with Gasteiger partial charge in [0, 0.05) is 59.0 Å². The Kier molecular flexibility index (Phi) is 14.9. The Morgan fingerprint density at radius 1 is 0.765 bits per heavy atom. The number of allylic oxidation sites excluding steroid dienone is 2. The number of rotatable bonds is 11. The van der Waals surface area contributed by atoms with Crippen LogP contribution in [0.5, 0.6) is 0 Å². The smallest absolute Gasteiger partial charge is 0.310 e. The number of methoxy groups -OCH3 is 3. The zero-order chi connectivity index (χ0) is 48.6. The minimum atomic E-state index is -1.59. The monoisotopic (exact) mass is 970 g/mol. The van der Waals surface area contributed by atoms with Crippen LogP contribution in [0.25, 0.3) is 0 Å². The van der Waals surface area contributed by atoms with Gasteiger partial charge in [-0.2, -0.15) is 0 Å². The highest BCUT2D eigenvalue weighted by atomic mass is 16.8. The van der Waals surface area contributed by atoms with Crippen LogP contribution >= 0.6 is 0 Å². The van der Waals surface area contributed by atoms with E-state index in [4.69, 9.17) is 61.6 Å². The minimum absolute atomic E-state index is 0.0457. The van der Waals surface area contributed by atoms with E-state index in [1.54, 1.807) is 34.3 Å². The molecule has 0 aromatic rings. The SMILES string of the molecule is CO[C@H]1C[C@H](O[C@H]2[C@@H](OC)C[C@H]([C@@H]3CC4=CC[C@H]5C(=O)O[C@@H]6CO[C@]7(C)OC=C(CC[C@@H]5[C@@]4(C)C[C@H]3O)[C@]67O)O[C@@H]2C)O[C@@H](C)[C@H]1O[C@H]1C[C@H](OC)[C@H](O[C@@H]2O[C@H](CO)[C@@H](O)[C@H](O)[C@H]2O)[C@@H](C)O1. The number of ether oxygens (including phenoxy) is 13. The highest BCUT2D eigenvalue weighted by molar-refractivity contribution is 5.74. The summed E-state index contributed by atoms with van der Waals surface area (Å²) in [6.45, 7) is 8.88. The third-order valence-corrected chi connectivity index (χ3v) is 17.2. The molecule has 0 spiro atoms. The van der Waals surface area contributed by atoms with E-state index in [0.29, 0.717) is 50.5 Å². The lowest BCUT2D eigenvalue weighted by atomic mass is 9.53. The van der Waals surface area contributed by atoms with Gasteiger partial charge in [0.1, 0.15) is 42.7 Å². The molecule has 9 rings (SSSR count). The minimum Gasteiger partial charge on any atom is -0.466 e. The number of hydrogen-bond donors (Lipinski definition) is 6. The highest BCUT2D eigenvalue weighted by Crippen LogP contribution is 2.59. The predicted octanol–water partition coefficient (Wildman–Crippen LogP) is 0.871. The van der Waals surface area contributed by atoms with Gasteiger partial charge in [0.05, 0.1) is 74.2 Å². The van der Waals surface area contributed by atoms with Crippen molar-refractivity contribution in [2.45, 2.75) is 214 Å². The normalized spacial score (nSPS) is 52.8. The van der Waals surface area contributed by atoms with Gasteiger partial charge in [-0.25, -0.2) is 0 Å². The van der Waals surface area contributed by atoms with Crippen molar-refractivity contribution in [2.75, 3.05) is 34.5 Å². The van der Waals surface area contributed by atoms with Crippen LogP contribution in [0.1, 0.15) is 86.0 Å². The molecule has 0 radical (unpaired) electrons. The van der Waals surface area contributed by atoms with E-state index in [1.807, 2.05) is 13.8 Å². The number of aliphatic hydroxyl groups is 6. The summed E-state index contributed by atoms with van der Waals surface area (Å²) in [4.78, 5) is 13.9. The number of hydrogen-bond acceptors (Lipinski definition) is 20. The van der Waals surface area contributed by atoms with Gasteiger partial charge >= 0.3 is 5.97 Å². The Hall–Kier alpha value is -1.93. The average Bonchev–Trinajstić information content (AvgIpc) is 3.73. The Bertz CT molecular complexity index is 1850. The van der Waals surface area contributed by atoms with E-state index in [1.165, 1.54) is 12.7 Å². The molecule has 20 nitrogen and oxygen atoms in total. The molecule has 0 amide bonds. The lowest BCUT2D eigenvalue weighted by Crippen LogP contribution is -2.62. The van der Waals surface area contributed by atoms with Crippen molar-refractivity contribution in [3.8, 4) is 0 Å². The quantitative estimate of drug-likeness (QED) is 0.124. The molecule has 9 aliphatic rings. The van der Waals surface area contributed by atoms with Gasteiger partial charge in [-0.3, -0.25) is 4.79 Å². The maximum absolute atomic E-state index is 13.9. The van der Waals surface area contributed by atoms with Crippen LogP contribution in [0.2, 0.25) is 0 Å². The van der Waals surface area contributed by atoms with Crippen molar-refractivity contribution < 1.29 is 97.0 Å². The molecule has 6 saturated heterocycles. The number of fused-ring (bicyclic) bond motifs is 3. The Labute approximate surface area is 397 Å². The molecule has 7 aliphatic heterocycles. The molecular weight excluding hydrogens is 897 g/mol. The van der Waals surface area contributed by atoms with Crippen LogP contribution in [0.15, 0.2) is 23.5 Å². The van der Waals surface area contributed by atoms with E-state index in [0.717, 1.165) is 0 Å². The summed E-state index contributed by atoms with van der Waals surface area (Å²) in [6, 6.07) is 0. The Morgan fingerprint density at radius 3 is 1.99 bits per heavy atom. The molecule has 25 atom stereocenters. The summed E-state index contributed by atoms with van der Waals surface area (Å²) >= 11 is 0. The zero-order valence-corrected chi connectivity index (χ0v) is 40.3. The fourth-order valence-electron chi connectivity index (χ4n) is 13.1. The summed E-state index contributed by atoms with van der Waals surface area (Å²) in [5, 5.41) is 64.7. The van der Waals surface area contributed by atoms with Crippen LogP contribution in [0.3, 0.4) is 0 Å². The van der Waals surface area contributed by atoms with E-state index < -0.39 is 134 Å². The Morgan fingerprint density at radius 2 is 1.37 bits per heavy atom. The van der Waals surface area contributed by atoms with Crippen molar-refractivity contribution in [1.82, 2.24) is 0 Å². The average molecular weight is 971 g/mol. The van der Waals surface area contributed by atoms with Gasteiger partial charge < -0.3 is 92.2 Å². The molecule has 0 aromatic heterocycles. The molecule has 20 heteroatoms. The number of carbonyl (C=O) groups is 1. The zero-order valence-electron chi connectivity index (χ0n) is 40.3. The molecule has 386 valence electrons. The first-order valence-electron chi connectivity index (χ1n) is 24.5. The standard InChI is InChI=1S/C48H74O20/c1-21-41(66-36-15-32(57-7)42(22(2)62-36)67-37-16-33(58-8)43(23(3)63-37)68-45-40(53)39(52)38(51)34(18-49)64-45)31(56-6)14-30(61-21)27-13-24-9-11-26-28(46(24,4)17-29(27)50)12-10-25-19-59-47(5)48(25,55)35(20-60-47)65-44(26)54/h9,19,21-23,26-43,45,49-53,55H,10-18,20H2,1-8H3/t21-,22+,23-,26-,27-,28+,29-,30-,31+,32+,33+,34-,35-,36+,37+,38-,39+,40-,41-,42-,43-,45+,46+,47+,48+/m1/s1. The van der Waals surface area contributed by atoms with Gasteiger partial charge in [0.25, 0.3) is 0 Å². The number of esters is 1. The van der Waals surface area contributed by atoms with E-state index in [-0.39, 0.29) is 43.0 Å². The van der Waals surface area contributed by atoms with Crippen LogP contribution in [0, 0.1) is 23.2 Å². The summed E-state index contributed by atoms with van der Waals surface area (Å²) in [6.07, 6.45) is -7.93. The maximum atomic E-state index is 13.9. The second-order valence-electron chi connectivity index (χ2n) is 20.9. The van der Waals surface area contributed by atoms with Gasteiger partial charge in [0.2, 0.25) is 5.79 Å². The van der Waals surface area contributed by atoms with Gasteiger partial charge in [0.15, 0.2) is 30.6 Å². The largest absolute Gasteiger partial charge is 0.466 e. The number of aliphatic hydroxyl groups excluding tert-OH is 5.